The highest BCUT2D eigenvalue weighted by atomic mass is 16.6. The van der Waals surface area contributed by atoms with E-state index in [1.165, 1.54) is 6.92 Å². The predicted molar refractivity (Wildman–Crippen MR) is 81.9 cm³/mol. The van der Waals surface area contributed by atoms with Crippen LogP contribution in [-0.2, 0) is 14.3 Å². The Bertz CT molecular complexity index is 679. The van der Waals surface area contributed by atoms with Crippen LogP contribution in [0.1, 0.15) is 25.3 Å². The molecule has 8 nitrogen and oxygen atoms in total. The number of benzene rings is 1. The van der Waals surface area contributed by atoms with Crippen molar-refractivity contribution >= 4 is 17.9 Å². The molecule has 0 aliphatic heterocycles. The summed E-state index contributed by atoms with van der Waals surface area (Å²) >= 11 is 0. The molecule has 1 aliphatic carbocycles. The van der Waals surface area contributed by atoms with Gasteiger partial charge in [0.25, 0.3) is 5.91 Å². The van der Waals surface area contributed by atoms with Crippen molar-refractivity contribution in [1.82, 2.24) is 10.6 Å². The second-order valence-corrected chi connectivity index (χ2v) is 5.27. The van der Waals surface area contributed by atoms with Gasteiger partial charge < -0.3 is 14.8 Å². The fourth-order valence-electron chi connectivity index (χ4n) is 1.77. The van der Waals surface area contributed by atoms with Crippen molar-refractivity contribution in [3.8, 4) is 11.8 Å². The van der Waals surface area contributed by atoms with Crippen molar-refractivity contribution in [2.24, 2.45) is 0 Å². The normalized spacial score (nSPS) is 14.0. The molecule has 0 aromatic heterocycles. The molecular formula is C16H17N3O5. The van der Waals surface area contributed by atoms with Gasteiger partial charge in [-0.3, -0.25) is 10.1 Å². The van der Waals surface area contributed by atoms with Gasteiger partial charge >= 0.3 is 12.0 Å². The molecule has 3 amide bonds. The first-order valence-corrected chi connectivity index (χ1v) is 7.42. The number of carbonyl (C=O) groups excluding carboxylic acids is 3. The summed E-state index contributed by atoms with van der Waals surface area (Å²) in [6.45, 7) is 0.894. The van der Waals surface area contributed by atoms with Crippen LogP contribution in [0.25, 0.3) is 0 Å². The Morgan fingerprint density at radius 1 is 1.33 bits per heavy atom. The zero-order valence-corrected chi connectivity index (χ0v) is 13.1. The number of rotatable bonds is 6. The zero-order chi connectivity index (χ0) is 17.5. The van der Waals surface area contributed by atoms with Crippen LogP contribution in [0.3, 0.4) is 0 Å². The molecule has 1 aromatic carbocycles. The van der Waals surface area contributed by atoms with Crippen LogP contribution in [0, 0.1) is 11.3 Å². The lowest BCUT2D eigenvalue weighted by Crippen LogP contribution is -2.45. The Hall–Kier alpha value is -3.08. The topological polar surface area (TPSA) is 118 Å². The van der Waals surface area contributed by atoms with Crippen molar-refractivity contribution in [1.29, 1.82) is 5.26 Å². The highest BCUT2D eigenvalue weighted by Gasteiger charge is 2.26. The van der Waals surface area contributed by atoms with Crippen molar-refractivity contribution in [3.63, 3.8) is 0 Å². The quantitative estimate of drug-likeness (QED) is 0.746. The van der Waals surface area contributed by atoms with Crippen molar-refractivity contribution < 1.29 is 23.9 Å². The van der Waals surface area contributed by atoms with E-state index in [0.29, 0.717) is 0 Å². The molecule has 1 aromatic rings. The maximum absolute atomic E-state index is 11.7. The van der Waals surface area contributed by atoms with Crippen molar-refractivity contribution in [3.05, 3.63) is 29.8 Å². The van der Waals surface area contributed by atoms with Crippen LogP contribution < -0.4 is 15.4 Å². The minimum atomic E-state index is -1.14. The molecule has 1 unspecified atom stereocenters. The molecule has 0 heterocycles. The van der Waals surface area contributed by atoms with Gasteiger partial charge in [-0.2, -0.15) is 5.26 Å². The van der Waals surface area contributed by atoms with Gasteiger partial charge in [0, 0.05) is 6.04 Å². The molecule has 0 radical (unpaired) electrons. The van der Waals surface area contributed by atoms with Crippen LogP contribution in [0.5, 0.6) is 5.75 Å². The Kier molecular flexibility index (Phi) is 5.73. The minimum Gasteiger partial charge on any atom is -0.481 e. The molecule has 0 saturated heterocycles. The number of amides is 3. The number of imide groups is 1. The van der Waals surface area contributed by atoms with Crippen LogP contribution in [-0.4, -0.2) is 36.7 Å². The third-order valence-corrected chi connectivity index (χ3v) is 3.18. The molecule has 1 saturated carbocycles. The molecule has 24 heavy (non-hydrogen) atoms. The SMILES string of the molecule is CC(OC(=O)COc1ccccc1C#N)C(=O)NC(=O)NC1CC1. The Morgan fingerprint density at radius 3 is 2.71 bits per heavy atom. The number of esters is 1. The fourth-order valence-corrected chi connectivity index (χ4v) is 1.77. The number of carbonyl (C=O) groups is 3. The third kappa shape index (κ3) is 5.28. The zero-order valence-electron chi connectivity index (χ0n) is 13.1. The molecule has 2 rings (SSSR count). The van der Waals surface area contributed by atoms with Gasteiger partial charge in [0.05, 0.1) is 5.56 Å². The van der Waals surface area contributed by atoms with Crippen LogP contribution in [0.15, 0.2) is 24.3 Å². The molecule has 1 atom stereocenters. The predicted octanol–water partition coefficient (Wildman–Crippen LogP) is 0.857. The van der Waals surface area contributed by atoms with E-state index in [0.717, 1.165) is 12.8 Å². The van der Waals surface area contributed by atoms with Gasteiger partial charge in [-0.25, -0.2) is 9.59 Å². The first kappa shape index (κ1) is 17.3. The van der Waals surface area contributed by atoms with E-state index in [1.54, 1.807) is 24.3 Å². The van der Waals surface area contributed by atoms with Gasteiger partial charge in [-0.15, -0.1) is 0 Å². The smallest absolute Gasteiger partial charge is 0.344 e. The van der Waals surface area contributed by atoms with E-state index in [1.807, 2.05) is 6.07 Å². The second-order valence-electron chi connectivity index (χ2n) is 5.27. The summed E-state index contributed by atoms with van der Waals surface area (Å²) in [6, 6.07) is 7.87. The number of urea groups is 1. The maximum atomic E-state index is 11.7. The molecular weight excluding hydrogens is 314 g/mol. The Balaban J connectivity index is 1.75. The summed E-state index contributed by atoms with van der Waals surface area (Å²) in [5.74, 6) is -1.26. The van der Waals surface area contributed by atoms with Crippen molar-refractivity contribution in [2.75, 3.05) is 6.61 Å². The summed E-state index contributed by atoms with van der Waals surface area (Å²) in [7, 11) is 0. The maximum Gasteiger partial charge on any atom is 0.344 e. The lowest BCUT2D eigenvalue weighted by molar-refractivity contribution is -0.156. The number of nitrogens with one attached hydrogen (secondary N) is 2. The van der Waals surface area contributed by atoms with Crippen molar-refractivity contribution in [2.45, 2.75) is 31.9 Å². The number of nitriles is 1. The summed E-state index contributed by atoms with van der Waals surface area (Å²) in [4.78, 5) is 34.9. The number of nitrogens with zero attached hydrogens (tertiary/aromatic N) is 1. The van der Waals surface area contributed by atoms with E-state index in [4.69, 9.17) is 14.7 Å². The van der Waals surface area contributed by atoms with Crippen LogP contribution in [0.4, 0.5) is 4.79 Å². The minimum absolute atomic E-state index is 0.115. The number of hydrogen-bond donors (Lipinski definition) is 2. The van der Waals surface area contributed by atoms with Gasteiger partial charge in [-0.05, 0) is 31.9 Å². The summed E-state index contributed by atoms with van der Waals surface area (Å²) in [6.07, 6.45) is 0.652. The highest BCUT2D eigenvalue weighted by molar-refractivity contribution is 5.97. The Labute approximate surface area is 138 Å². The summed E-state index contributed by atoms with van der Waals surface area (Å²) in [5.41, 5.74) is 0.285. The monoisotopic (exact) mass is 331 g/mol. The molecule has 126 valence electrons. The lowest BCUT2D eigenvalue weighted by Gasteiger charge is -2.13. The van der Waals surface area contributed by atoms with E-state index in [2.05, 4.69) is 10.6 Å². The van der Waals surface area contributed by atoms with E-state index in [-0.39, 0.29) is 17.4 Å². The third-order valence-electron chi connectivity index (χ3n) is 3.18. The fraction of sp³-hybridized carbons (Fsp3) is 0.375. The van der Waals surface area contributed by atoms with E-state index in [9.17, 15) is 14.4 Å². The highest BCUT2D eigenvalue weighted by Crippen LogP contribution is 2.18. The molecule has 1 aliphatic rings. The summed E-state index contributed by atoms with van der Waals surface area (Å²) in [5, 5.41) is 13.6. The van der Waals surface area contributed by atoms with Gasteiger partial charge in [0.1, 0.15) is 11.8 Å². The first-order valence-electron chi connectivity index (χ1n) is 7.42. The van der Waals surface area contributed by atoms with Gasteiger partial charge in [-0.1, -0.05) is 12.1 Å². The summed E-state index contributed by atoms with van der Waals surface area (Å²) < 4.78 is 10.1. The number of hydrogen-bond acceptors (Lipinski definition) is 6. The largest absolute Gasteiger partial charge is 0.481 e. The van der Waals surface area contributed by atoms with Gasteiger partial charge in [0.2, 0.25) is 0 Å². The van der Waals surface area contributed by atoms with Crippen LogP contribution >= 0.6 is 0 Å². The lowest BCUT2D eigenvalue weighted by atomic mass is 10.2. The molecule has 2 N–H and O–H groups in total. The van der Waals surface area contributed by atoms with Gasteiger partial charge in [0.15, 0.2) is 12.7 Å². The van der Waals surface area contributed by atoms with E-state index >= 15 is 0 Å². The number of ether oxygens (including phenoxy) is 2. The second kappa shape index (κ2) is 7.97. The van der Waals surface area contributed by atoms with Crippen LogP contribution in [0.2, 0.25) is 0 Å². The molecule has 8 heteroatoms. The Morgan fingerprint density at radius 2 is 2.04 bits per heavy atom. The van der Waals surface area contributed by atoms with E-state index < -0.39 is 30.6 Å². The average molecular weight is 331 g/mol. The first-order chi connectivity index (χ1) is 11.5. The molecule has 0 spiro atoms. The standard InChI is InChI=1S/C16H17N3O5/c1-10(15(21)19-16(22)18-12-6-7-12)24-14(20)9-23-13-5-3-2-4-11(13)8-17/h2-5,10,12H,6-7,9H2,1H3,(H2,18,19,21,22). The number of para-hydroxylation sites is 1. The average Bonchev–Trinajstić information content (AvgIpc) is 3.36. The molecule has 0 bridgehead atoms. The molecule has 1 fully saturated rings.